The van der Waals surface area contributed by atoms with Crippen LogP contribution in [0.2, 0.25) is 0 Å². The zero-order valence-corrected chi connectivity index (χ0v) is 28.5. The van der Waals surface area contributed by atoms with Crippen molar-refractivity contribution >= 4 is 35.1 Å². The first-order valence-electron chi connectivity index (χ1n) is 16.5. The van der Waals surface area contributed by atoms with E-state index < -0.39 is 23.8 Å². The molecule has 0 radical (unpaired) electrons. The fourth-order valence-electron chi connectivity index (χ4n) is 5.72. The quantitative estimate of drug-likeness (QED) is 0.102. The molecule has 8 heteroatoms. The van der Waals surface area contributed by atoms with Gasteiger partial charge in [0.15, 0.2) is 0 Å². The number of rotatable bonds is 12. The Kier molecular flexibility index (Phi) is 11.6. The Morgan fingerprint density at radius 2 is 0.760 bits per heavy atom. The number of benzene rings is 5. The Labute approximate surface area is 292 Å². The summed E-state index contributed by atoms with van der Waals surface area (Å²) in [7, 11) is 0. The van der Waals surface area contributed by atoms with Crippen molar-refractivity contribution < 1.29 is 28.7 Å². The zero-order chi connectivity index (χ0) is 35.6. The average Bonchev–Trinajstić information content (AvgIpc) is 3.10. The van der Waals surface area contributed by atoms with Gasteiger partial charge in [-0.3, -0.25) is 9.59 Å². The van der Waals surface area contributed by atoms with Crippen LogP contribution in [-0.4, -0.2) is 23.8 Å². The van der Waals surface area contributed by atoms with Gasteiger partial charge in [0.2, 0.25) is 11.8 Å². The molecule has 5 rings (SSSR count). The number of carbonyl (C=O) groups is 4. The van der Waals surface area contributed by atoms with Gasteiger partial charge in [-0.05, 0) is 95.8 Å². The van der Waals surface area contributed by atoms with Gasteiger partial charge in [-0.25, -0.2) is 9.59 Å². The van der Waals surface area contributed by atoms with E-state index in [1.54, 1.807) is 48.5 Å². The van der Waals surface area contributed by atoms with Crippen molar-refractivity contribution in [3.8, 4) is 11.5 Å². The van der Waals surface area contributed by atoms with Crippen LogP contribution in [0.4, 0.5) is 11.4 Å². The first kappa shape index (κ1) is 35.3. The first-order valence-corrected chi connectivity index (χ1v) is 16.5. The molecule has 0 aliphatic heterocycles. The summed E-state index contributed by atoms with van der Waals surface area (Å²) in [6.45, 7) is 7.93. The topological polar surface area (TPSA) is 111 Å². The van der Waals surface area contributed by atoms with Gasteiger partial charge >= 0.3 is 11.9 Å². The van der Waals surface area contributed by atoms with Crippen LogP contribution in [0, 0.1) is 11.8 Å². The summed E-state index contributed by atoms with van der Waals surface area (Å²) in [5, 5.41) is 5.93. The number of amides is 2. The van der Waals surface area contributed by atoms with Gasteiger partial charge in [-0.15, -0.1) is 0 Å². The molecule has 254 valence electrons. The van der Waals surface area contributed by atoms with Gasteiger partial charge in [-0.1, -0.05) is 88.4 Å². The normalized spacial score (nSPS) is 12.1. The van der Waals surface area contributed by atoms with E-state index in [0.29, 0.717) is 11.5 Å². The molecule has 50 heavy (non-hydrogen) atoms. The van der Waals surface area contributed by atoms with Gasteiger partial charge in [0.25, 0.3) is 0 Å². The molecule has 0 aliphatic rings. The van der Waals surface area contributed by atoms with Gasteiger partial charge < -0.3 is 20.1 Å². The van der Waals surface area contributed by atoms with Crippen LogP contribution in [0.1, 0.15) is 71.4 Å². The number of carbonyl (C=O) groups excluding carboxylic acids is 4. The van der Waals surface area contributed by atoms with Crippen molar-refractivity contribution in [2.75, 3.05) is 10.6 Å². The monoisotopic (exact) mass is 668 g/mol. The number of esters is 2. The molecule has 8 nitrogen and oxygen atoms in total. The average molecular weight is 669 g/mol. The van der Waals surface area contributed by atoms with Gasteiger partial charge in [0.1, 0.15) is 11.5 Å². The zero-order valence-electron chi connectivity index (χ0n) is 28.5. The summed E-state index contributed by atoms with van der Waals surface area (Å²) in [4.78, 5) is 51.9. The summed E-state index contributed by atoms with van der Waals surface area (Å²) in [6.07, 6.45) is 0. The van der Waals surface area contributed by atoms with Gasteiger partial charge in [0.05, 0.1) is 23.0 Å². The highest BCUT2D eigenvalue weighted by Gasteiger charge is 2.26. The SMILES string of the molecule is CC(C)C(C(=O)Nc1ccccc1)c1ccc(OC(=O)c2ccc(C(=O)Oc3ccc(C(C(=O)Nc4ccccc4)C(C)C)cc3)cc2)cc1. The van der Waals surface area contributed by atoms with Gasteiger partial charge in [-0.2, -0.15) is 0 Å². The predicted octanol–water partition coefficient (Wildman–Crippen LogP) is 8.88. The summed E-state index contributed by atoms with van der Waals surface area (Å²) in [6, 6.07) is 38.4. The third-order valence-electron chi connectivity index (χ3n) is 8.24. The molecular weight excluding hydrogens is 628 g/mol. The summed E-state index contributed by atoms with van der Waals surface area (Å²) in [5.74, 6) is -1.48. The Bertz CT molecular complexity index is 1760. The molecule has 5 aromatic carbocycles. The lowest BCUT2D eigenvalue weighted by molar-refractivity contribution is -0.119. The van der Waals surface area contributed by atoms with Crippen LogP contribution in [0.5, 0.6) is 11.5 Å². The maximum Gasteiger partial charge on any atom is 0.343 e. The number of para-hydroxylation sites is 2. The second-order valence-electron chi connectivity index (χ2n) is 12.6. The van der Waals surface area contributed by atoms with Crippen LogP contribution < -0.4 is 20.1 Å². The van der Waals surface area contributed by atoms with Crippen LogP contribution in [0.15, 0.2) is 133 Å². The molecule has 0 saturated heterocycles. The van der Waals surface area contributed by atoms with Crippen molar-refractivity contribution in [3.63, 3.8) is 0 Å². The van der Waals surface area contributed by atoms with Gasteiger partial charge in [0, 0.05) is 11.4 Å². The third-order valence-corrected chi connectivity index (χ3v) is 8.24. The smallest absolute Gasteiger partial charge is 0.343 e. The molecule has 0 aromatic heterocycles. The molecule has 0 spiro atoms. The van der Waals surface area contributed by atoms with E-state index in [0.717, 1.165) is 22.5 Å². The lowest BCUT2D eigenvalue weighted by Gasteiger charge is -2.21. The molecule has 2 atom stereocenters. The lowest BCUT2D eigenvalue weighted by atomic mass is 9.87. The third kappa shape index (κ3) is 9.11. The van der Waals surface area contributed by atoms with Crippen molar-refractivity contribution in [2.45, 2.75) is 39.5 Å². The number of hydrogen-bond acceptors (Lipinski definition) is 6. The molecule has 5 aromatic rings. The van der Waals surface area contributed by atoms with Crippen molar-refractivity contribution in [1.29, 1.82) is 0 Å². The van der Waals surface area contributed by atoms with E-state index in [2.05, 4.69) is 10.6 Å². The van der Waals surface area contributed by atoms with Crippen molar-refractivity contribution in [1.82, 2.24) is 0 Å². The number of hydrogen-bond donors (Lipinski definition) is 2. The fraction of sp³-hybridized carbons (Fsp3) is 0.190. The minimum absolute atomic E-state index is 0.0345. The minimum Gasteiger partial charge on any atom is -0.423 e. The molecule has 0 heterocycles. The Morgan fingerprint density at radius 3 is 1.06 bits per heavy atom. The highest BCUT2D eigenvalue weighted by Crippen LogP contribution is 2.30. The molecule has 0 aliphatic carbocycles. The first-order chi connectivity index (χ1) is 24.1. The van der Waals surface area contributed by atoms with E-state index in [9.17, 15) is 19.2 Å². The number of ether oxygens (including phenoxy) is 2. The highest BCUT2D eigenvalue weighted by atomic mass is 16.5. The van der Waals surface area contributed by atoms with Crippen molar-refractivity contribution in [2.24, 2.45) is 11.8 Å². The lowest BCUT2D eigenvalue weighted by Crippen LogP contribution is -2.25. The molecule has 0 saturated carbocycles. The standard InChI is InChI=1S/C42H40N2O6/c1-27(2)37(39(45)43-33-11-7-5-8-12-33)29-19-23-35(24-20-29)49-41(47)31-15-17-32(18-16-31)42(48)50-36-25-21-30(22-26-36)38(28(3)4)40(46)44-34-13-9-6-10-14-34/h5-28,37-38H,1-4H3,(H,43,45)(H,44,46). The molecule has 2 amide bonds. The fourth-order valence-corrected chi connectivity index (χ4v) is 5.72. The van der Waals surface area contributed by atoms with E-state index in [-0.39, 0.29) is 34.8 Å². The minimum atomic E-state index is -0.591. The van der Waals surface area contributed by atoms with E-state index >= 15 is 0 Å². The Hall–Kier alpha value is -6.02. The molecule has 0 bridgehead atoms. The summed E-state index contributed by atoms with van der Waals surface area (Å²) in [5.41, 5.74) is 3.57. The summed E-state index contributed by atoms with van der Waals surface area (Å²) >= 11 is 0. The van der Waals surface area contributed by atoms with Crippen LogP contribution in [-0.2, 0) is 9.59 Å². The van der Waals surface area contributed by atoms with Crippen LogP contribution in [0.25, 0.3) is 0 Å². The van der Waals surface area contributed by atoms with Crippen LogP contribution in [0.3, 0.4) is 0 Å². The molecular formula is C42H40N2O6. The Balaban J connectivity index is 1.17. The predicted molar refractivity (Wildman–Crippen MR) is 195 cm³/mol. The van der Waals surface area contributed by atoms with E-state index in [4.69, 9.17) is 9.47 Å². The van der Waals surface area contributed by atoms with Crippen LogP contribution >= 0.6 is 0 Å². The highest BCUT2D eigenvalue weighted by molar-refractivity contribution is 5.97. The van der Waals surface area contributed by atoms with E-state index in [1.807, 2.05) is 88.4 Å². The van der Waals surface area contributed by atoms with Crippen molar-refractivity contribution in [3.05, 3.63) is 156 Å². The Morgan fingerprint density at radius 1 is 0.440 bits per heavy atom. The number of anilines is 2. The molecule has 2 N–H and O–H groups in total. The molecule has 0 fully saturated rings. The second-order valence-corrected chi connectivity index (χ2v) is 12.6. The largest absolute Gasteiger partial charge is 0.423 e. The maximum absolute atomic E-state index is 13.1. The number of nitrogens with one attached hydrogen (secondary N) is 2. The van der Waals surface area contributed by atoms with E-state index in [1.165, 1.54) is 24.3 Å². The summed E-state index contributed by atoms with van der Waals surface area (Å²) < 4.78 is 11.1. The maximum atomic E-state index is 13.1. The molecule has 2 unspecified atom stereocenters. The second kappa shape index (κ2) is 16.4.